The van der Waals surface area contributed by atoms with E-state index in [1.165, 1.54) is 0 Å². The number of carbonyl (C=O) groups excluding carboxylic acids is 1. The first-order valence-electron chi connectivity index (χ1n) is 7.73. The highest BCUT2D eigenvalue weighted by Crippen LogP contribution is 2.11. The van der Waals surface area contributed by atoms with Gasteiger partial charge in [0.15, 0.2) is 0 Å². The Morgan fingerprint density at radius 1 is 0.917 bits per heavy atom. The number of benzene rings is 1. The molecular formula is C19H18N4O. The van der Waals surface area contributed by atoms with Gasteiger partial charge in [-0.1, -0.05) is 36.4 Å². The molecular weight excluding hydrogens is 300 g/mol. The summed E-state index contributed by atoms with van der Waals surface area (Å²) in [6.07, 6.45) is 3.75. The van der Waals surface area contributed by atoms with Gasteiger partial charge in [-0.15, -0.1) is 0 Å². The Morgan fingerprint density at radius 2 is 1.75 bits per heavy atom. The first-order chi connectivity index (χ1) is 11.8. The van der Waals surface area contributed by atoms with Gasteiger partial charge in [-0.3, -0.25) is 9.78 Å². The van der Waals surface area contributed by atoms with Gasteiger partial charge in [0, 0.05) is 6.20 Å². The van der Waals surface area contributed by atoms with Crippen molar-refractivity contribution in [3.05, 3.63) is 84.3 Å². The van der Waals surface area contributed by atoms with E-state index in [-0.39, 0.29) is 5.91 Å². The van der Waals surface area contributed by atoms with Crippen molar-refractivity contribution in [2.75, 3.05) is 10.6 Å². The molecule has 0 saturated carbocycles. The van der Waals surface area contributed by atoms with Crippen molar-refractivity contribution < 1.29 is 4.79 Å². The van der Waals surface area contributed by atoms with Gasteiger partial charge in [-0.2, -0.15) is 0 Å². The molecule has 1 amide bonds. The fourth-order valence-corrected chi connectivity index (χ4v) is 2.24. The van der Waals surface area contributed by atoms with Crippen LogP contribution >= 0.6 is 0 Å². The van der Waals surface area contributed by atoms with Crippen molar-refractivity contribution >= 4 is 17.4 Å². The highest BCUT2D eigenvalue weighted by atomic mass is 16.1. The van der Waals surface area contributed by atoms with E-state index in [0.29, 0.717) is 18.7 Å². The lowest BCUT2D eigenvalue weighted by atomic mass is 10.1. The predicted octanol–water partition coefficient (Wildman–Crippen LogP) is 3.27. The maximum atomic E-state index is 12.0. The standard InChI is InChI=1S/C19H18N4O/c24-19(12-15-6-2-1-3-7-15)23-17-9-10-18(22-14-17)21-13-16-8-4-5-11-20-16/h1-11,14H,12-13H2,(H,21,22)(H,23,24). The van der Waals surface area contributed by atoms with E-state index in [0.717, 1.165) is 17.1 Å². The van der Waals surface area contributed by atoms with Gasteiger partial charge in [0.05, 0.1) is 30.5 Å². The summed E-state index contributed by atoms with van der Waals surface area (Å²) in [7, 11) is 0. The Hall–Kier alpha value is -3.21. The highest BCUT2D eigenvalue weighted by Gasteiger charge is 2.04. The Balaban J connectivity index is 1.51. The number of hydrogen-bond acceptors (Lipinski definition) is 4. The lowest BCUT2D eigenvalue weighted by Crippen LogP contribution is -2.14. The largest absolute Gasteiger partial charge is 0.364 e. The average Bonchev–Trinajstić information content (AvgIpc) is 2.63. The predicted molar refractivity (Wildman–Crippen MR) is 94.6 cm³/mol. The fourth-order valence-electron chi connectivity index (χ4n) is 2.24. The van der Waals surface area contributed by atoms with Gasteiger partial charge in [-0.25, -0.2) is 4.98 Å². The summed E-state index contributed by atoms with van der Waals surface area (Å²) in [5, 5.41) is 6.04. The van der Waals surface area contributed by atoms with E-state index in [2.05, 4.69) is 20.6 Å². The zero-order valence-corrected chi connectivity index (χ0v) is 13.1. The van der Waals surface area contributed by atoms with Crippen LogP contribution in [0.4, 0.5) is 11.5 Å². The van der Waals surface area contributed by atoms with Crippen LogP contribution in [-0.4, -0.2) is 15.9 Å². The normalized spacial score (nSPS) is 10.2. The number of pyridine rings is 2. The summed E-state index contributed by atoms with van der Waals surface area (Å²) in [5.74, 6) is 0.680. The lowest BCUT2D eigenvalue weighted by Gasteiger charge is -2.08. The molecule has 0 fully saturated rings. The van der Waals surface area contributed by atoms with E-state index in [1.54, 1.807) is 12.4 Å². The van der Waals surface area contributed by atoms with Crippen LogP contribution in [0, 0.1) is 0 Å². The molecule has 120 valence electrons. The number of aromatic nitrogens is 2. The molecule has 0 spiro atoms. The molecule has 2 aromatic heterocycles. The van der Waals surface area contributed by atoms with Gasteiger partial charge in [0.2, 0.25) is 5.91 Å². The monoisotopic (exact) mass is 318 g/mol. The molecule has 0 atom stereocenters. The minimum absolute atomic E-state index is 0.0582. The topological polar surface area (TPSA) is 66.9 Å². The third-order valence-corrected chi connectivity index (χ3v) is 3.43. The first-order valence-corrected chi connectivity index (χ1v) is 7.73. The van der Waals surface area contributed by atoms with Crippen molar-refractivity contribution in [3.8, 4) is 0 Å². The first kappa shape index (κ1) is 15.7. The molecule has 0 aliphatic rings. The maximum absolute atomic E-state index is 12.0. The van der Waals surface area contributed by atoms with Crippen LogP contribution < -0.4 is 10.6 Å². The second kappa shape index (κ2) is 7.87. The van der Waals surface area contributed by atoms with Crippen molar-refractivity contribution in [2.45, 2.75) is 13.0 Å². The Labute approximate surface area is 140 Å². The van der Waals surface area contributed by atoms with Gasteiger partial charge in [0.1, 0.15) is 5.82 Å². The Morgan fingerprint density at radius 3 is 2.46 bits per heavy atom. The minimum Gasteiger partial charge on any atom is -0.364 e. The van der Waals surface area contributed by atoms with Gasteiger partial charge in [-0.05, 0) is 29.8 Å². The number of nitrogens with one attached hydrogen (secondary N) is 2. The van der Waals surface area contributed by atoms with E-state index in [4.69, 9.17) is 0 Å². The summed E-state index contributed by atoms with van der Waals surface area (Å²) in [4.78, 5) is 20.6. The van der Waals surface area contributed by atoms with Gasteiger partial charge >= 0.3 is 0 Å². The van der Waals surface area contributed by atoms with E-state index in [1.807, 2.05) is 60.7 Å². The molecule has 0 saturated heterocycles. The van der Waals surface area contributed by atoms with Crippen LogP contribution in [0.5, 0.6) is 0 Å². The molecule has 2 N–H and O–H groups in total. The lowest BCUT2D eigenvalue weighted by molar-refractivity contribution is -0.115. The number of anilines is 2. The third-order valence-electron chi connectivity index (χ3n) is 3.43. The van der Waals surface area contributed by atoms with E-state index >= 15 is 0 Å². The second-order valence-electron chi connectivity index (χ2n) is 5.32. The molecule has 1 aromatic carbocycles. The van der Waals surface area contributed by atoms with Crippen molar-refractivity contribution in [3.63, 3.8) is 0 Å². The smallest absolute Gasteiger partial charge is 0.228 e. The number of rotatable bonds is 6. The van der Waals surface area contributed by atoms with Crippen LogP contribution in [0.1, 0.15) is 11.3 Å². The van der Waals surface area contributed by atoms with Crippen LogP contribution in [0.25, 0.3) is 0 Å². The quantitative estimate of drug-likeness (QED) is 0.732. The Kier molecular flexibility index (Phi) is 5.14. The molecule has 0 aliphatic carbocycles. The summed E-state index contributed by atoms with van der Waals surface area (Å²) in [6, 6.07) is 19.1. The van der Waals surface area contributed by atoms with E-state index in [9.17, 15) is 4.79 Å². The fraction of sp³-hybridized carbons (Fsp3) is 0.105. The minimum atomic E-state index is -0.0582. The van der Waals surface area contributed by atoms with Crippen molar-refractivity contribution in [1.29, 1.82) is 0 Å². The second-order valence-corrected chi connectivity index (χ2v) is 5.32. The van der Waals surface area contributed by atoms with Crippen LogP contribution in [0.2, 0.25) is 0 Å². The van der Waals surface area contributed by atoms with Crippen LogP contribution in [-0.2, 0) is 17.8 Å². The van der Waals surface area contributed by atoms with Crippen LogP contribution in [0.15, 0.2) is 73.1 Å². The van der Waals surface area contributed by atoms with Crippen LogP contribution in [0.3, 0.4) is 0 Å². The molecule has 3 rings (SSSR count). The molecule has 5 nitrogen and oxygen atoms in total. The highest BCUT2D eigenvalue weighted by molar-refractivity contribution is 5.92. The van der Waals surface area contributed by atoms with Crippen molar-refractivity contribution in [2.24, 2.45) is 0 Å². The maximum Gasteiger partial charge on any atom is 0.228 e. The average molecular weight is 318 g/mol. The molecule has 0 radical (unpaired) electrons. The molecule has 0 aliphatic heterocycles. The Bertz CT molecular complexity index is 773. The number of carbonyl (C=O) groups is 1. The van der Waals surface area contributed by atoms with E-state index < -0.39 is 0 Å². The van der Waals surface area contributed by atoms with Gasteiger partial charge in [0.25, 0.3) is 0 Å². The molecule has 5 heteroatoms. The summed E-state index contributed by atoms with van der Waals surface area (Å²) in [6.45, 7) is 0.605. The number of amides is 1. The SMILES string of the molecule is O=C(Cc1ccccc1)Nc1ccc(NCc2ccccn2)nc1. The molecule has 3 aromatic rings. The van der Waals surface area contributed by atoms with Gasteiger partial charge < -0.3 is 10.6 Å². The molecule has 0 unspecified atom stereocenters. The summed E-state index contributed by atoms with van der Waals surface area (Å²) < 4.78 is 0. The zero-order chi connectivity index (χ0) is 16.6. The molecule has 0 bridgehead atoms. The number of hydrogen-bond donors (Lipinski definition) is 2. The zero-order valence-electron chi connectivity index (χ0n) is 13.1. The third kappa shape index (κ3) is 4.64. The number of nitrogens with zero attached hydrogens (tertiary/aromatic N) is 2. The summed E-state index contributed by atoms with van der Waals surface area (Å²) in [5.41, 5.74) is 2.61. The molecule has 24 heavy (non-hydrogen) atoms. The summed E-state index contributed by atoms with van der Waals surface area (Å²) >= 11 is 0. The molecule has 2 heterocycles. The van der Waals surface area contributed by atoms with Crippen molar-refractivity contribution in [1.82, 2.24) is 9.97 Å².